The topological polar surface area (TPSA) is 69.6 Å². The van der Waals surface area contributed by atoms with Gasteiger partial charge in [-0.3, -0.25) is 4.79 Å². The SMILES string of the molecule is CC/C=C\C/C=C\C/C=C\C/C=C\C/C=C\C/C=C\CCCCCCCCCCC(=O)NC(CO)C(O)/C=C/CC/C=C/CCCCCCCCCCCCCCCCCCCCCCCCCCCC. The van der Waals surface area contributed by atoms with Crippen LogP contribution in [-0.4, -0.2) is 34.9 Å². The van der Waals surface area contributed by atoms with Crippen molar-refractivity contribution in [1.82, 2.24) is 5.32 Å². The fraction of sp³-hybridized carbons (Fsp3) is 0.746. The van der Waals surface area contributed by atoms with Crippen molar-refractivity contribution in [3.63, 3.8) is 0 Å². The summed E-state index contributed by atoms with van der Waals surface area (Å²) in [5.74, 6) is -0.0835. The average molecular weight is 987 g/mol. The lowest BCUT2D eigenvalue weighted by molar-refractivity contribution is -0.123. The second-order valence-corrected chi connectivity index (χ2v) is 20.7. The molecule has 2 atom stereocenters. The number of aliphatic hydroxyl groups excluding tert-OH is 2. The first kappa shape index (κ1) is 68.3. The second kappa shape index (κ2) is 61.6. The number of aliphatic hydroxyl groups is 2. The van der Waals surface area contributed by atoms with Crippen molar-refractivity contribution in [1.29, 1.82) is 0 Å². The largest absolute Gasteiger partial charge is 0.394 e. The van der Waals surface area contributed by atoms with Crippen molar-refractivity contribution in [2.75, 3.05) is 6.61 Å². The molecule has 0 saturated heterocycles. The van der Waals surface area contributed by atoms with E-state index in [1.807, 2.05) is 6.08 Å². The van der Waals surface area contributed by atoms with Gasteiger partial charge in [-0.05, 0) is 83.5 Å². The maximum Gasteiger partial charge on any atom is 0.220 e. The van der Waals surface area contributed by atoms with Gasteiger partial charge in [-0.2, -0.15) is 0 Å². The number of hydrogen-bond acceptors (Lipinski definition) is 3. The van der Waals surface area contributed by atoms with Gasteiger partial charge in [-0.25, -0.2) is 0 Å². The second-order valence-electron chi connectivity index (χ2n) is 20.7. The summed E-state index contributed by atoms with van der Waals surface area (Å²) in [7, 11) is 0. The van der Waals surface area contributed by atoms with Crippen molar-refractivity contribution in [3.05, 3.63) is 97.2 Å². The fourth-order valence-electron chi connectivity index (χ4n) is 9.14. The van der Waals surface area contributed by atoms with E-state index in [0.29, 0.717) is 6.42 Å². The molecule has 0 rings (SSSR count). The highest BCUT2D eigenvalue weighted by Gasteiger charge is 2.18. The van der Waals surface area contributed by atoms with Crippen LogP contribution in [0, 0.1) is 0 Å². The molecule has 0 bridgehead atoms. The van der Waals surface area contributed by atoms with E-state index in [0.717, 1.165) is 83.5 Å². The van der Waals surface area contributed by atoms with Crippen molar-refractivity contribution < 1.29 is 15.0 Å². The number of unbranched alkanes of at least 4 members (excludes halogenated alkanes) is 35. The van der Waals surface area contributed by atoms with Gasteiger partial charge in [-0.15, -0.1) is 0 Å². The van der Waals surface area contributed by atoms with Crippen LogP contribution < -0.4 is 5.32 Å². The van der Waals surface area contributed by atoms with E-state index < -0.39 is 12.1 Å². The molecule has 0 saturated carbocycles. The minimum atomic E-state index is -0.874. The van der Waals surface area contributed by atoms with Gasteiger partial charge in [-0.1, -0.05) is 310 Å². The minimum Gasteiger partial charge on any atom is -0.394 e. The van der Waals surface area contributed by atoms with E-state index in [-0.39, 0.29) is 12.5 Å². The third kappa shape index (κ3) is 58.1. The number of carbonyl (C=O) groups is 1. The van der Waals surface area contributed by atoms with E-state index in [2.05, 4.69) is 104 Å². The monoisotopic (exact) mass is 986 g/mol. The van der Waals surface area contributed by atoms with Gasteiger partial charge < -0.3 is 15.5 Å². The van der Waals surface area contributed by atoms with Gasteiger partial charge in [0.25, 0.3) is 0 Å². The molecule has 0 aromatic carbocycles. The molecule has 3 N–H and O–H groups in total. The molecular weight excluding hydrogens is 867 g/mol. The highest BCUT2D eigenvalue weighted by atomic mass is 16.3. The molecule has 0 aliphatic carbocycles. The first-order valence-corrected chi connectivity index (χ1v) is 31.0. The third-order valence-electron chi connectivity index (χ3n) is 13.8. The van der Waals surface area contributed by atoms with Crippen LogP contribution in [0.4, 0.5) is 0 Å². The molecule has 4 nitrogen and oxygen atoms in total. The van der Waals surface area contributed by atoms with Crippen LogP contribution in [0.3, 0.4) is 0 Å². The predicted octanol–water partition coefficient (Wildman–Crippen LogP) is 20.9. The maximum atomic E-state index is 12.5. The molecule has 4 heteroatoms. The number of carbonyl (C=O) groups excluding carboxylic acids is 1. The number of amides is 1. The van der Waals surface area contributed by atoms with Crippen LogP contribution in [0.5, 0.6) is 0 Å². The van der Waals surface area contributed by atoms with Gasteiger partial charge in [0.2, 0.25) is 5.91 Å². The highest BCUT2D eigenvalue weighted by Crippen LogP contribution is 2.17. The van der Waals surface area contributed by atoms with Crippen LogP contribution in [-0.2, 0) is 4.79 Å². The molecule has 0 spiro atoms. The summed E-state index contributed by atoms with van der Waals surface area (Å²) in [5, 5.41) is 23.2. The number of allylic oxidation sites excluding steroid dienone is 15. The van der Waals surface area contributed by atoms with Gasteiger partial charge in [0.15, 0.2) is 0 Å². The van der Waals surface area contributed by atoms with E-state index in [9.17, 15) is 15.0 Å². The Balaban J connectivity index is 3.55. The fourth-order valence-corrected chi connectivity index (χ4v) is 9.14. The molecule has 2 unspecified atom stereocenters. The molecule has 0 aromatic heterocycles. The smallest absolute Gasteiger partial charge is 0.220 e. The lowest BCUT2D eigenvalue weighted by atomic mass is 10.0. The van der Waals surface area contributed by atoms with E-state index in [4.69, 9.17) is 0 Å². The molecule has 0 radical (unpaired) electrons. The first-order chi connectivity index (χ1) is 35.2. The summed E-state index contributed by atoms with van der Waals surface area (Å²) >= 11 is 0. The zero-order valence-corrected chi connectivity index (χ0v) is 47.2. The quantitative estimate of drug-likeness (QED) is 0.0420. The lowest BCUT2D eigenvalue weighted by Gasteiger charge is -2.19. The Labute approximate surface area is 443 Å². The zero-order valence-electron chi connectivity index (χ0n) is 47.2. The van der Waals surface area contributed by atoms with Crippen molar-refractivity contribution in [2.24, 2.45) is 0 Å². The Morgan fingerprint density at radius 2 is 0.634 bits per heavy atom. The Kier molecular flexibility index (Phi) is 59.3. The minimum absolute atomic E-state index is 0.0835. The third-order valence-corrected chi connectivity index (χ3v) is 13.8. The number of nitrogens with one attached hydrogen (secondary N) is 1. The Morgan fingerprint density at radius 1 is 0.352 bits per heavy atom. The summed E-state index contributed by atoms with van der Waals surface area (Å²) in [4.78, 5) is 12.5. The normalized spacial score (nSPS) is 13.5. The van der Waals surface area contributed by atoms with Gasteiger partial charge >= 0.3 is 0 Å². The lowest BCUT2D eigenvalue weighted by Crippen LogP contribution is -2.45. The van der Waals surface area contributed by atoms with Crippen molar-refractivity contribution >= 4 is 5.91 Å². The molecule has 0 fully saturated rings. The summed E-state index contributed by atoms with van der Waals surface area (Å²) < 4.78 is 0. The van der Waals surface area contributed by atoms with Crippen LogP contribution in [0.1, 0.15) is 303 Å². The van der Waals surface area contributed by atoms with Gasteiger partial charge in [0.1, 0.15) is 0 Å². The summed E-state index contributed by atoms with van der Waals surface area (Å²) in [6, 6.07) is -0.652. The molecular formula is C67H119NO3. The predicted molar refractivity (Wildman–Crippen MR) is 317 cm³/mol. The summed E-state index contributed by atoms with van der Waals surface area (Å²) in [6.07, 6.45) is 91.7. The summed E-state index contributed by atoms with van der Waals surface area (Å²) in [5.41, 5.74) is 0. The van der Waals surface area contributed by atoms with Crippen molar-refractivity contribution in [3.8, 4) is 0 Å². The number of rotatable bonds is 56. The molecule has 1 amide bonds. The zero-order chi connectivity index (χ0) is 51.3. The molecule has 410 valence electrons. The first-order valence-electron chi connectivity index (χ1n) is 31.0. The summed E-state index contributed by atoms with van der Waals surface area (Å²) in [6.45, 7) is 4.20. The number of hydrogen-bond donors (Lipinski definition) is 3. The molecule has 71 heavy (non-hydrogen) atoms. The Bertz CT molecular complexity index is 1300. The van der Waals surface area contributed by atoms with Crippen LogP contribution >= 0.6 is 0 Å². The maximum absolute atomic E-state index is 12.5. The molecule has 0 heterocycles. The van der Waals surface area contributed by atoms with E-state index >= 15 is 0 Å². The molecule has 0 aromatic rings. The van der Waals surface area contributed by atoms with E-state index in [1.165, 1.54) is 199 Å². The Morgan fingerprint density at radius 3 is 0.986 bits per heavy atom. The van der Waals surface area contributed by atoms with Gasteiger partial charge in [0, 0.05) is 6.42 Å². The molecule has 0 aliphatic heterocycles. The Hall–Kier alpha value is -2.69. The molecule has 0 aliphatic rings. The average Bonchev–Trinajstić information content (AvgIpc) is 3.37. The van der Waals surface area contributed by atoms with Gasteiger partial charge in [0.05, 0.1) is 18.8 Å². The van der Waals surface area contributed by atoms with Crippen LogP contribution in [0.25, 0.3) is 0 Å². The van der Waals surface area contributed by atoms with E-state index in [1.54, 1.807) is 6.08 Å². The van der Waals surface area contributed by atoms with Crippen LogP contribution in [0.2, 0.25) is 0 Å². The van der Waals surface area contributed by atoms with Crippen LogP contribution in [0.15, 0.2) is 97.2 Å². The highest BCUT2D eigenvalue weighted by molar-refractivity contribution is 5.76. The van der Waals surface area contributed by atoms with Crippen molar-refractivity contribution in [2.45, 2.75) is 315 Å². The standard InChI is InChI=1S/C67H119NO3/c1-3-5-7-9-11-13-15-17-19-21-23-25-27-29-31-32-33-34-35-37-38-40-42-44-46-48-50-52-54-56-58-60-62-66(70)65(64-69)68-67(71)63-61-59-57-55-53-51-49-47-45-43-41-39-36-30-28-26-24-22-20-18-16-14-12-10-8-6-4-2/h6,8,12,14,18,20,24,26,30,36,41,43,52,54,60,62,65-66,69-70H,3-5,7,9-11,13,15-17,19,21-23,25,27-29,31-35,37-40,42,44-51,53,55-59,61,63-64H2,1-2H3,(H,68,71)/b8-6-,14-12-,20-18-,26-24-,36-30-,43-41-,54-52+,62-60+.